The SMILES string of the molecule is CCNC(C)C(C)(C)CN1CCN(C(C)CC)CC1. The molecule has 1 saturated heterocycles. The highest BCUT2D eigenvalue weighted by Crippen LogP contribution is 2.23. The van der Waals surface area contributed by atoms with Crippen molar-refractivity contribution in [2.24, 2.45) is 5.41 Å². The first-order chi connectivity index (χ1) is 8.90. The maximum Gasteiger partial charge on any atom is 0.0113 e. The molecule has 19 heavy (non-hydrogen) atoms. The van der Waals surface area contributed by atoms with Crippen LogP contribution in [0.3, 0.4) is 0 Å². The van der Waals surface area contributed by atoms with Crippen molar-refractivity contribution >= 4 is 0 Å². The predicted molar refractivity (Wildman–Crippen MR) is 84.7 cm³/mol. The summed E-state index contributed by atoms with van der Waals surface area (Å²) in [5.41, 5.74) is 0.342. The third-order valence-electron chi connectivity index (χ3n) is 4.93. The van der Waals surface area contributed by atoms with Crippen LogP contribution in [-0.4, -0.2) is 61.2 Å². The molecule has 2 atom stereocenters. The molecule has 3 nitrogen and oxygen atoms in total. The lowest BCUT2D eigenvalue weighted by atomic mass is 9.84. The first kappa shape index (κ1) is 16.9. The Kier molecular flexibility index (Phi) is 6.78. The number of nitrogens with zero attached hydrogens (tertiary/aromatic N) is 2. The lowest BCUT2D eigenvalue weighted by molar-refractivity contribution is 0.0654. The Bertz CT molecular complexity index is 244. The molecular weight excluding hydrogens is 234 g/mol. The Labute approximate surface area is 120 Å². The standard InChI is InChI=1S/C16H35N3/c1-7-14(3)19-11-9-18(10-12-19)13-16(5,6)15(4)17-8-2/h14-15,17H,7-13H2,1-6H3. The lowest BCUT2D eigenvalue weighted by Crippen LogP contribution is -2.54. The Morgan fingerprint density at radius 1 is 1.05 bits per heavy atom. The van der Waals surface area contributed by atoms with E-state index in [1.807, 2.05) is 0 Å². The van der Waals surface area contributed by atoms with Gasteiger partial charge in [0.05, 0.1) is 0 Å². The molecule has 0 aromatic rings. The van der Waals surface area contributed by atoms with Crippen LogP contribution in [0.5, 0.6) is 0 Å². The van der Waals surface area contributed by atoms with Gasteiger partial charge < -0.3 is 10.2 Å². The van der Waals surface area contributed by atoms with Crippen LogP contribution in [0, 0.1) is 5.41 Å². The van der Waals surface area contributed by atoms with E-state index in [0.29, 0.717) is 11.5 Å². The summed E-state index contributed by atoms with van der Waals surface area (Å²) in [4.78, 5) is 5.28. The third-order valence-corrected chi connectivity index (χ3v) is 4.93. The van der Waals surface area contributed by atoms with E-state index in [1.165, 1.54) is 39.1 Å². The average molecular weight is 269 g/mol. The minimum atomic E-state index is 0.342. The topological polar surface area (TPSA) is 18.5 Å². The van der Waals surface area contributed by atoms with Gasteiger partial charge in [-0.25, -0.2) is 0 Å². The van der Waals surface area contributed by atoms with Crippen LogP contribution in [0.2, 0.25) is 0 Å². The second-order valence-electron chi connectivity index (χ2n) is 6.84. The molecule has 2 unspecified atom stereocenters. The molecule has 1 aliphatic rings. The van der Waals surface area contributed by atoms with E-state index >= 15 is 0 Å². The van der Waals surface area contributed by atoms with Crippen molar-refractivity contribution in [2.45, 2.75) is 60.0 Å². The van der Waals surface area contributed by atoms with Crippen LogP contribution < -0.4 is 5.32 Å². The first-order valence-corrected chi connectivity index (χ1v) is 8.10. The predicted octanol–water partition coefficient (Wildman–Crippen LogP) is 2.43. The average Bonchev–Trinajstić information content (AvgIpc) is 2.38. The minimum absolute atomic E-state index is 0.342. The van der Waals surface area contributed by atoms with Crippen molar-refractivity contribution in [1.29, 1.82) is 0 Å². The van der Waals surface area contributed by atoms with Gasteiger partial charge >= 0.3 is 0 Å². The number of rotatable bonds is 7. The van der Waals surface area contributed by atoms with Gasteiger partial charge in [-0.2, -0.15) is 0 Å². The van der Waals surface area contributed by atoms with E-state index in [2.05, 4.69) is 56.7 Å². The number of hydrogen-bond donors (Lipinski definition) is 1. The molecule has 1 heterocycles. The minimum Gasteiger partial charge on any atom is -0.314 e. The molecule has 0 bridgehead atoms. The van der Waals surface area contributed by atoms with Crippen molar-refractivity contribution in [1.82, 2.24) is 15.1 Å². The fourth-order valence-electron chi connectivity index (χ4n) is 2.92. The Hall–Kier alpha value is -0.120. The number of hydrogen-bond acceptors (Lipinski definition) is 3. The zero-order valence-electron chi connectivity index (χ0n) is 14.0. The number of nitrogens with one attached hydrogen (secondary N) is 1. The quantitative estimate of drug-likeness (QED) is 0.766. The summed E-state index contributed by atoms with van der Waals surface area (Å²) in [7, 11) is 0. The molecule has 0 aromatic carbocycles. The first-order valence-electron chi connectivity index (χ1n) is 8.10. The summed E-state index contributed by atoms with van der Waals surface area (Å²) in [5.74, 6) is 0. The highest BCUT2D eigenvalue weighted by atomic mass is 15.3. The van der Waals surface area contributed by atoms with E-state index in [-0.39, 0.29) is 0 Å². The maximum absolute atomic E-state index is 3.57. The molecule has 0 aromatic heterocycles. The summed E-state index contributed by atoms with van der Waals surface area (Å²) in [6.07, 6.45) is 1.27. The van der Waals surface area contributed by atoms with E-state index in [9.17, 15) is 0 Å². The molecule has 0 saturated carbocycles. The second kappa shape index (κ2) is 7.61. The molecule has 0 aliphatic carbocycles. The van der Waals surface area contributed by atoms with Crippen LogP contribution in [-0.2, 0) is 0 Å². The van der Waals surface area contributed by atoms with Gasteiger partial charge in [-0.3, -0.25) is 4.90 Å². The Balaban J connectivity index is 2.39. The lowest BCUT2D eigenvalue weighted by Gasteiger charge is -2.42. The van der Waals surface area contributed by atoms with Gasteiger partial charge in [-0.1, -0.05) is 27.7 Å². The van der Waals surface area contributed by atoms with Gasteiger partial charge in [-0.05, 0) is 32.2 Å². The van der Waals surface area contributed by atoms with Crippen molar-refractivity contribution in [3.8, 4) is 0 Å². The van der Waals surface area contributed by atoms with Crippen molar-refractivity contribution in [2.75, 3.05) is 39.3 Å². The fraction of sp³-hybridized carbons (Fsp3) is 1.00. The van der Waals surface area contributed by atoms with Crippen LogP contribution in [0.4, 0.5) is 0 Å². The molecule has 3 heteroatoms. The molecule has 1 fully saturated rings. The summed E-state index contributed by atoms with van der Waals surface area (Å²) < 4.78 is 0. The summed E-state index contributed by atoms with van der Waals surface area (Å²) in [6.45, 7) is 21.1. The van der Waals surface area contributed by atoms with E-state index in [1.54, 1.807) is 0 Å². The Morgan fingerprint density at radius 2 is 1.63 bits per heavy atom. The third kappa shape index (κ3) is 5.05. The van der Waals surface area contributed by atoms with Gasteiger partial charge in [0, 0.05) is 44.8 Å². The summed E-state index contributed by atoms with van der Waals surface area (Å²) in [6, 6.07) is 1.32. The zero-order valence-corrected chi connectivity index (χ0v) is 14.0. The van der Waals surface area contributed by atoms with E-state index in [4.69, 9.17) is 0 Å². The van der Waals surface area contributed by atoms with Crippen molar-refractivity contribution < 1.29 is 0 Å². The van der Waals surface area contributed by atoms with Gasteiger partial charge in [-0.15, -0.1) is 0 Å². The Morgan fingerprint density at radius 3 is 2.11 bits per heavy atom. The van der Waals surface area contributed by atoms with Crippen LogP contribution >= 0.6 is 0 Å². The largest absolute Gasteiger partial charge is 0.314 e. The molecule has 0 spiro atoms. The molecule has 1 N–H and O–H groups in total. The van der Waals surface area contributed by atoms with Gasteiger partial charge in [0.15, 0.2) is 0 Å². The molecule has 1 rings (SSSR count). The normalized spacial score (nSPS) is 22.4. The monoisotopic (exact) mass is 269 g/mol. The smallest absolute Gasteiger partial charge is 0.0113 e. The molecule has 114 valence electrons. The molecule has 1 aliphatic heterocycles. The van der Waals surface area contributed by atoms with Crippen LogP contribution in [0.25, 0.3) is 0 Å². The molecular formula is C16H35N3. The second-order valence-corrected chi connectivity index (χ2v) is 6.84. The van der Waals surface area contributed by atoms with Crippen LogP contribution in [0.1, 0.15) is 48.0 Å². The van der Waals surface area contributed by atoms with E-state index in [0.717, 1.165) is 12.6 Å². The van der Waals surface area contributed by atoms with Gasteiger partial charge in [0.2, 0.25) is 0 Å². The fourth-order valence-corrected chi connectivity index (χ4v) is 2.92. The van der Waals surface area contributed by atoms with Gasteiger partial charge in [0.25, 0.3) is 0 Å². The zero-order chi connectivity index (χ0) is 14.5. The summed E-state index contributed by atoms with van der Waals surface area (Å²) >= 11 is 0. The highest BCUT2D eigenvalue weighted by molar-refractivity contribution is 4.86. The van der Waals surface area contributed by atoms with E-state index < -0.39 is 0 Å². The maximum atomic E-state index is 3.57. The van der Waals surface area contributed by atoms with Gasteiger partial charge in [0.1, 0.15) is 0 Å². The summed E-state index contributed by atoms with van der Waals surface area (Å²) in [5, 5.41) is 3.57. The molecule has 0 radical (unpaired) electrons. The highest BCUT2D eigenvalue weighted by Gasteiger charge is 2.29. The van der Waals surface area contributed by atoms with Crippen molar-refractivity contribution in [3.63, 3.8) is 0 Å². The van der Waals surface area contributed by atoms with Crippen LogP contribution in [0.15, 0.2) is 0 Å². The van der Waals surface area contributed by atoms with Crippen molar-refractivity contribution in [3.05, 3.63) is 0 Å². The molecule has 0 amide bonds. The number of piperazine rings is 1.